The number of carbonyl (C=O) groups is 3. The van der Waals surface area contributed by atoms with Crippen molar-refractivity contribution in [3.05, 3.63) is 47.0 Å². The molecule has 0 spiro atoms. The quantitative estimate of drug-likeness (QED) is 0.358. The number of rotatable bonds is 5. The van der Waals surface area contributed by atoms with Gasteiger partial charge in [-0.05, 0) is 44.7 Å². The fourth-order valence-corrected chi connectivity index (χ4v) is 7.31. The summed E-state index contributed by atoms with van der Waals surface area (Å²) in [5.41, 5.74) is 4.86. The van der Waals surface area contributed by atoms with Crippen LogP contribution in [0.5, 0.6) is 11.5 Å². The smallest absolute Gasteiger partial charge is 0.434 e. The number of aromatic nitrogens is 2. The van der Waals surface area contributed by atoms with Crippen LogP contribution in [0.1, 0.15) is 49.8 Å². The Labute approximate surface area is 279 Å². The van der Waals surface area contributed by atoms with Crippen LogP contribution < -0.4 is 20.5 Å². The van der Waals surface area contributed by atoms with E-state index in [9.17, 15) is 27.6 Å². The van der Waals surface area contributed by atoms with Crippen LogP contribution in [0.4, 0.5) is 18.0 Å². The summed E-state index contributed by atoms with van der Waals surface area (Å²) >= 11 is 0.820. The Morgan fingerprint density at radius 1 is 1.17 bits per heavy atom. The number of nitrogens with zero attached hydrogens (tertiary/aromatic N) is 4. The maximum absolute atomic E-state index is 13.9. The highest BCUT2D eigenvalue weighted by molar-refractivity contribution is 7.13. The number of fused-ring (bicyclic) bond motifs is 3. The standard InChI is InChI=1S/C33H37F3N6O5S/c1-18-24(46-3)10-9-21-25(15-22(38-27(18)21)29-39-26(17-48-29)33(34,35)36)47-20-11-13-42-23(14-20)28(43)40-32(30(37)44)16-19(32)8-6-4-5-7-12-41(2)31(42)45/h6,8-10,15,17,19-20,23H,4-5,7,11-14,16H2,1-3H3,(H2,37,44)(H,40,43)/t19-,20+,23+,32-/m1/s1. The van der Waals surface area contributed by atoms with Crippen molar-refractivity contribution < 1.29 is 37.0 Å². The minimum atomic E-state index is -4.61. The topological polar surface area (TPSA) is 140 Å². The molecule has 48 heavy (non-hydrogen) atoms. The third-order valence-corrected chi connectivity index (χ3v) is 10.3. The second-order valence-corrected chi connectivity index (χ2v) is 13.4. The van der Waals surface area contributed by atoms with E-state index >= 15 is 0 Å². The molecule has 6 rings (SSSR count). The predicted molar refractivity (Wildman–Crippen MR) is 172 cm³/mol. The Morgan fingerprint density at radius 2 is 1.96 bits per heavy atom. The summed E-state index contributed by atoms with van der Waals surface area (Å²) in [6, 6.07) is 3.80. The zero-order chi connectivity index (χ0) is 34.4. The number of primary amides is 1. The summed E-state index contributed by atoms with van der Waals surface area (Å²) in [6.07, 6.45) is 2.02. The molecule has 3 aromatic rings. The fourth-order valence-electron chi connectivity index (χ4n) is 6.52. The molecular formula is C33H37F3N6O5S. The van der Waals surface area contributed by atoms with Gasteiger partial charge in [0.05, 0.1) is 12.6 Å². The van der Waals surface area contributed by atoms with Gasteiger partial charge in [-0.2, -0.15) is 13.2 Å². The van der Waals surface area contributed by atoms with Gasteiger partial charge in [0.25, 0.3) is 0 Å². The third kappa shape index (κ3) is 6.39. The van der Waals surface area contributed by atoms with Gasteiger partial charge in [0.2, 0.25) is 11.8 Å². The highest BCUT2D eigenvalue weighted by atomic mass is 32.1. The molecule has 1 aromatic carbocycles. The van der Waals surface area contributed by atoms with E-state index in [2.05, 4.69) is 15.3 Å². The Balaban J connectivity index is 1.34. The molecule has 0 unspecified atom stereocenters. The van der Waals surface area contributed by atoms with Crippen LogP contribution in [0.25, 0.3) is 21.6 Å². The first-order valence-corrected chi connectivity index (χ1v) is 16.7. The van der Waals surface area contributed by atoms with E-state index in [0.717, 1.165) is 36.0 Å². The van der Waals surface area contributed by atoms with Gasteiger partial charge in [-0.3, -0.25) is 9.59 Å². The Hall–Kier alpha value is -4.40. The molecule has 1 aliphatic carbocycles. The number of benzene rings is 1. The summed E-state index contributed by atoms with van der Waals surface area (Å²) in [5, 5.41) is 4.48. The minimum Gasteiger partial charge on any atom is -0.496 e. The number of hydrogen-bond acceptors (Lipinski definition) is 8. The zero-order valence-corrected chi connectivity index (χ0v) is 27.6. The van der Waals surface area contributed by atoms with Crippen molar-refractivity contribution in [3.63, 3.8) is 0 Å². The number of pyridine rings is 1. The number of hydrogen-bond donors (Lipinski definition) is 2. The first-order valence-electron chi connectivity index (χ1n) is 15.8. The molecule has 2 fully saturated rings. The second-order valence-electron chi connectivity index (χ2n) is 12.6. The maximum Gasteiger partial charge on any atom is 0.434 e. The van der Waals surface area contributed by atoms with E-state index in [-0.39, 0.29) is 35.6 Å². The fraction of sp³-hybridized carbons (Fsp3) is 0.485. The number of thiazole rings is 1. The molecule has 2 aliphatic heterocycles. The number of methoxy groups -OCH3 is 1. The predicted octanol–water partition coefficient (Wildman–Crippen LogP) is 5.06. The number of nitrogens with two attached hydrogens (primary N) is 1. The average molecular weight is 687 g/mol. The first kappa shape index (κ1) is 33.5. The number of piperidine rings is 1. The molecule has 256 valence electrons. The lowest BCUT2D eigenvalue weighted by Gasteiger charge is -2.40. The summed E-state index contributed by atoms with van der Waals surface area (Å²) < 4.78 is 52.2. The number of allylic oxidation sites excluding steroid dienone is 1. The average Bonchev–Trinajstić information content (AvgIpc) is 3.49. The molecule has 4 amide bonds. The van der Waals surface area contributed by atoms with Crippen LogP contribution in [0.3, 0.4) is 0 Å². The number of ether oxygens (including phenoxy) is 2. The second kappa shape index (κ2) is 12.9. The molecule has 4 atom stereocenters. The van der Waals surface area contributed by atoms with E-state index < -0.39 is 41.4 Å². The number of aryl methyl sites for hydroxylation is 1. The number of urea groups is 1. The van der Waals surface area contributed by atoms with Crippen molar-refractivity contribution in [1.29, 1.82) is 0 Å². The molecule has 0 radical (unpaired) electrons. The molecule has 1 saturated carbocycles. The lowest BCUT2D eigenvalue weighted by Crippen LogP contribution is -2.61. The maximum atomic E-state index is 13.9. The molecule has 3 aliphatic rings. The Kier molecular flexibility index (Phi) is 9.00. The molecule has 11 nitrogen and oxygen atoms in total. The number of halogens is 3. The van der Waals surface area contributed by atoms with Crippen LogP contribution in [0, 0.1) is 12.8 Å². The Morgan fingerprint density at radius 3 is 2.67 bits per heavy atom. The number of alkyl halides is 3. The van der Waals surface area contributed by atoms with E-state index in [0.29, 0.717) is 47.4 Å². The van der Waals surface area contributed by atoms with Crippen molar-refractivity contribution in [2.75, 3.05) is 27.2 Å². The van der Waals surface area contributed by atoms with Gasteiger partial charge in [-0.25, -0.2) is 14.8 Å². The van der Waals surface area contributed by atoms with Crippen molar-refractivity contribution in [1.82, 2.24) is 25.1 Å². The SMILES string of the molecule is COc1ccc2c(O[C@H]3CCN4C(=O)N(C)CCCCC=C[C@@H]5C[C@@]5(C(N)=O)NC(=O)[C@@H]4C3)cc(-c3nc(C(F)(F)F)cs3)nc2c1C. The summed E-state index contributed by atoms with van der Waals surface area (Å²) in [7, 11) is 3.21. The summed E-state index contributed by atoms with van der Waals surface area (Å²) in [6.45, 7) is 2.51. The normalized spacial score (nSPS) is 25.2. The van der Waals surface area contributed by atoms with Crippen molar-refractivity contribution in [3.8, 4) is 22.2 Å². The lowest BCUT2D eigenvalue weighted by atomic mass is 9.97. The zero-order valence-electron chi connectivity index (χ0n) is 26.8. The van der Waals surface area contributed by atoms with Gasteiger partial charge < -0.3 is 30.3 Å². The van der Waals surface area contributed by atoms with E-state index in [4.69, 9.17) is 15.2 Å². The monoisotopic (exact) mass is 686 g/mol. The van der Waals surface area contributed by atoms with E-state index in [1.165, 1.54) is 12.0 Å². The molecule has 4 heterocycles. The first-order chi connectivity index (χ1) is 22.8. The van der Waals surface area contributed by atoms with Gasteiger partial charge in [0.15, 0.2) is 5.69 Å². The molecule has 2 aromatic heterocycles. The number of amides is 4. The van der Waals surface area contributed by atoms with Gasteiger partial charge >= 0.3 is 12.2 Å². The molecule has 1 saturated heterocycles. The van der Waals surface area contributed by atoms with Crippen molar-refractivity contribution >= 4 is 40.1 Å². The third-order valence-electron chi connectivity index (χ3n) is 9.39. The highest BCUT2D eigenvalue weighted by Crippen LogP contribution is 2.45. The number of nitrogens with one attached hydrogen (secondary N) is 1. The van der Waals surface area contributed by atoms with Crippen LogP contribution in [0.2, 0.25) is 0 Å². The highest BCUT2D eigenvalue weighted by Gasteiger charge is 2.59. The molecular weight excluding hydrogens is 649 g/mol. The van der Waals surface area contributed by atoms with Crippen molar-refractivity contribution in [2.45, 2.75) is 69.3 Å². The summed E-state index contributed by atoms with van der Waals surface area (Å²) in [4.78, 5) is 51.7. The van der Waals surface area contributed by atoms with Crippen molar-refractivity contribution in [2.24, 2.45) is 11.7 Å². The van der Waals surface area contributed by atoms with Gasteiger partial charge in [-0.15, -0.1) is 11.3 Å². The van der Waals surface area contributed by atoms with Crippen LogP contribution in [-0.2, 0) is 15.8 Å². The Bertz CT molecular complexity index is 1780. The molecule has 0 bridgehead atoms. The van der Waals surface area contributed by atoms with E-state index in [1.54, 1.807) is 37.1 Å². The minimum absolute atomic E-state index is 0.0648. The lowest BCUT2D eigenvalue weighted by molar-refractivity contribution is -0.140. The number of carbonyl (C=O) groups excluding carboxylic acids is 3. The largest absolute Gasteiger partial charge is 0.496 e. The van der Waals surface area contributed by atoms with Crippen LogP contribution >= 0.6 is 11.3 Å². The molecule has 3 N–H and O–H groups in total. The van der Waals surface area contributed by atoms with Gasteiger partial charge in [-0.1, -0.05) is 12.2 Å². The van der Waals surface area contributed by atoms with Crippen LogP contribution in [0.15, 0.2) is 35.7 Å². The summed E-state index contributed by atoms with van der Waals surface area (Å²) in [5.74, 6) is -0.477. The molecule has 15 heteroatoms. The van der Waals surface area contributed by atoms with E-state index in [1.807, 2.05) is 12.2 Å². The van der Waals surface area contributed by atoms with Gasteiger partial charge in [0, 0.05) is 61.3 Å². The van der Waals surface area contributed by atoms with Gasteiger partial charge in [0.1, 0.15) is 39.9 Å². The van der Waals surface area contributed by atoms with Crippen LogP contribution in [-0.4, -0.2) is 82.5 Å².